The van der Waals surface area contributed by atoms with Crippen LogP contribution in [0.4, 0.5) is 13.2 Å². The molecule has 0 saturated carbocycles. The molecule has 0 fully saturated rings. The van der Waals surface area contributed by atoms with E-state index in [2.05, 4.69) is 15.8 Å². The minimum atomic E-state index is -4.55. The van der Waals surface area contributed by atoms with Gasteiger partial charge in [-0.2, -0.15) is 18.3 Å². The van der Waals surface area contributed by atoms with Crippen molar-refractivity contribution in [2.45, 2.75) is 19.3 Å². The lowest BCUT2D eigenvalue weighted by Crippen LogP contribution is -2.56. The molecule has 1 aliphatic heterocycles. The van der Waals surface area contributed by atoms with Crippen LogP contribution in [0.5, 0.6) is 0 Å². The summed E-state index contributed by atoms with van der Waals surface area (Å²) in [6.45, 7) is 1.32. The van der Waals surface area contributed by atoms with Crippen molar-refractivity contribution in [2.75, 3.05) is 0 Å². The molecule has 1 aliphatic rings. The quantitative estimate of drug-likeness (QED) is 0.428. The highest BCUT2D eigenvalue weighted by Crippen LogP contribution is 2.38. The summed E-state index contributed by atoms with van der Waals surface area (Å²) < 4.78 is 41.7. The van der Waals surface area contributed by atoms with Crippen molar-refractivity contribution in [3.05, 3.63) is 59.7 Å². The number of halogens is 3. The van der Waals surface area contributed by atoms with Crippen LogP contribution >= 0.6 is 12.2 Å². The molecule has 1 unspecified atom stereocenters. The van der Waals surface area contributed by atoms with Gasteiger partial charge in [0.25, 0.3) is 0 Å². The monoisotopic (exact) mass is 431 g/mol. The Hall–Kier alpha value is -3.24. The smallest absolute Gasteiger partial charge is 0.339 e. The van der Waals surface area contributed by atoms with E-state index < -0.39 is 17.9 Å². The molecule has 0 bridgehead atoms. The third-order valence-corrected chi connectivity index (χ3v) is 4.97. The molecule has 1 aromatic heterocycles. The zero-order valence-electron chi connectivity index (χ0n) is 15.6. The fraction of sp³-hybridized carbons (Fsp3) is 0.150. The van der Waals surface area contributed by atoms with Crippen LogP contribution in [0.2, 0.25) is 0 Å². The number of aromatic nitrogens is 1. The van der Waals surface area contributed by atoms with Crippen LogP contribution in [0.3, 0.4) is 0 Å². The van der Waals surface area contributed by atoms with Gasteiger partial charge in [-0.15, -0.1) is 0 Å². The van der Waals surface area contributed by atoms with Gasteiger partial charge < -0.3 is 11.1 Å². The number of Topliss-reactive ketones (excluding diaryl/α,β-unsaturated/α-hetero) is 1. The van der Waals surface area contributed by atoms with Gasteiger partial charge in [-0.05, 0) is 42.9 Å². The molecule has 4 N–H and O–H groups in total. The summed E-state index contributed by atoms with van der Waals surface area (Å²) >= 11 is 5.01. The van der Waals surface area contributed by atoms with Gasteiger partial charge in [0.2, 0.25) is 0 Å². The van der Waals surface area contributed by atoms with Crippen molar-refractivity contribution in [3.8, 4) is 11.3 Å². The van der Waals surface area contributed by atoms with Crippen molar-refractivity contribution in [1.29, 1.82) is 0 Å². The molecule has 0 spiro atoms. The van der Waals surface area contributed by atoms with Gasteiger partial charge in [0, 0.05) is 5.39 Å². The average molecular weight is 431 g/mol. The molecule has 154 valence electrons. The molecule has 1 atom stereocenters. The second-order valence-electron chi connectivity index (χ2n) is 6.74. The Morgan fingerprint density at radius 3 is 2.50 bits per heavy atom. The first-order chi connectivity index (χ1) is 14.2. The Morgan fingerprint density at radius 1 is 1.20 bits per heavy atom. The third kappa shape index (κ3) is 3.33. The number of carbonyl (C=O) groups excluding carboxylic acids is 1. The molecular formula is C20H16F3N5OS. The van der Waals surface area contributed by atoms with Crippen molar-refractivity contribution in [2.24, 2.45) is 10.8 Å². The maximum absolute atomic E-state index is 13.4. The van der Waals surface area contributed by atoms with E-state index in [-0.39, 0.29) is 27.7 Å². The van der Waals surface area contributed by atoms with Crippen LogP contribution in [0.25, 0.3) is 22.2 Å². The van der Waals surface area contributed by atoms with Gasteiger partial charge in [-0.1, -0.05) is 30.3 Å². The highest BCUT2D eigenvalue weighted by molar-refractivity contribution is 7.80. The number of nitrogens with one attached hydrogen (secondary N) is 2. The fourth-order valence-electron chi connectivity index (χ4n) is 3.54. The third-order valence-electron chi connectivity index (χ3n) is 4.76. The van der Waals surface area contributed by atoms with Gasteiger partial charge in [0.1, 0.15) is 6.17 Å². The van der Waals surface area contributed by atoms with E-state index in [1.807, 2.05) is 0 Å². The largest absolute Gasteiger partial charge is 0.416 e. The number of nitrogens with two attached hydrogens (primary N) is 1. The minimum Gasteiger partial charge on any atom is -0.339 e. The van der Waals surface area contributed by atoms with Gasteiger partial charge in [0.05, 0.1) is 22.3 Å². The summed E-state index contributed by atoms with van der Waals surface area (Å²) in [5, 5.41) is 7.42. The summed E-state index contributed by atoms with van der Waals surface area (Å²) in [6.07, 6.45) is -5.38. The summed E-state index contributed by atoms with van der Waals surface area (Å²) in [7, 11) is 0. The first-order valence-corrected chi connectivity index (χ1v) is 9.31. The van der Waals surface area contributed by atoms with Crippen LogP contribution in [0, 0.1) is 0 Å². The number of nitrogens with zero attached hydrogens (tertiary/aromatic N) is 2. The first kappa shape index (κ1) is 20.0. The van der Waals surface area contributed by atoms with E-state index in [4.69, 9.17) is 18.0 Å². The number of ketones is 1. The lowest BCUT2D eigenvalue weighted by atomic mass is 10.0. The number of rotatable bonds is 2. The predicted molar refractivity (Wildman–Crippen MR) is 112 cm³/mol. The first-order valence-electron chi connectivity index (χ1n) is 8.90. The zero-order chi connectivity index (χ0) is 21.6. The molecule has 4 rings (SSSR count). The lowest BCUT2D eigenvalue weighted by molar-refractivity contribution is -0.137. The number of hydrogen-bond donors (Lipinski definition) is 3. The van der Waals surface area contributed by atoms with E-state index in [1.165, 1.54) is 13.0 Å². The highest BCUT2D eigenvalue weighted by Gasteiger charge is 2.33. The van der Waals surface area contributed by atoms with Crippen LogP contribution in [0.15, 0.2) is 53.6 Å². The Balaban J connectivity index is 2.13. The average Bonchev–Trinajstić information content (AvgIpc) is 3.02. The molecule has 6 nitrogen and oxygen atoms in total. The maximum atomic E-state index is 13.4. The molecular weight excluding hydrogens is 415 g/mol. The normalized spacial score (nSPS) is 16.8. The number of hydrogen-bond acceptors (Lipinski definition) is 4. The van der Waals surface area contributed by atoms with Gasteiger partial charge in [0.15, 0.2) is 16.7 Å². The molecule has 2 aromatic carbocycles. The second-order valence-corrected chi connectivity index (χ2v) is 7.15. The number of thiocarbonyl (C=S) groups is 1. The molecule has 30 heavy (non-hydrogen) atoms. The van der Waals surface area contributed by atoms with Crippen molar-refractivity contribution >= 4 is 39.9 Å². The van der Waals surface area contributed by atoms with Gasteiger partial charge in [-0.3, -0.25) is 14.8 Å². The number of benzene rings is 2. The van der Waals surface area contributed by atoms with E-state index in [1.54, 1.807) is 34.9 Å². The van der Waals surface area contributed by atoms with E-state index in [0.29, 0.717) is 16.8 Å². The van der Waals surface area contributed by atoms with E-state index in [9.17, 15) is 18.0 Å². The summed E-state index contributed by atoms with van der Waals surface area (Å²) in [4.78, 5) is 12.6. The van der Waals surface area contributed by atoms with Crippen LogP contribution in [-0.4, -0.2) is 27.5 Å². The van der Waals surface area contributed by atoms with Crippen LogP contribution < -0.4 is 16.5 Å². The Morgan fingerprint density at radius 2 is 1.90 bits per heavy atom. The molecule has 0 radical (unpaired) electrons. The standard InChI is InChI=1S/C20H16F3N5OS/c1-10(29)15-13-9-12(20(21,22)23)7-8-14(13)28(16(15)11-5-3-2-4-6-11)18-17(24)25-19(30)27-26-18/h2-9,17H,24H2,1H3,(H2,25,27,30). The van der Waals surface area contributed by atoms with Crippen LogP contribution in [-0.2, 0) is 6.18 Å². The number of alkyl halides is 3. The van der Waals surface area contributed by atoms with E-state index >= 15 is 0 Å². The Kier molecular flexibility index (Phi) is 4.83. The summed E-state index contributed by atoms with van der Waals surface area (Å²) in [6, 6.07) is 12.2. The Bertz CT molecular complexity index is 1200. The van der Waals surface area contributed by atoms with Crippen molar-refractivity contribution < 1.29 is 18.0 Å². The maximum Gasteiger partial charge on any atom is 0.416 e. The second kappa shape index (κ2) is 7.22. The van der Waals surface area contributed by atoms with Gasteiger partial charge >= 0.3 is 6.18 Å². The molecule has 0 saturated heterocycles. The predicted octanol–water partition coefficient (Wildman–Crippen LogP) is 3.45. The van der Waals surface area contributed by atoms with Crippen molar-refractivity contribution in [3.63, 3.8) is 0 Å². The van der Waals surface area contributed by atoms with E-state index in [0.717, 1.165) is 12.1 Å². The molecule has 3 aromatic rings. The summed E-state index contributed by atoms with van der Waals surface area (Å²) in [5.41, 5.74) is 9.51. The fourth-order valence-corrected chi connectivity index (χ4v) is 3.71. The zero-order valence-corrected chi connectivity index (χ0v) is 16.4. The highest BCUT2D eigenvalue weighted by atomic mass is 32.1. The number of carbonyl (C=O) groups is 1. The molecule has 0 amide bonds. The van der Waals surface area contributed by atoms with Crippen molar-refractivity contribution in [1.82, 2.24) is 15.3 Å². The minimum absolute atomic E-state index is 0.158. The number of hydrazone groups is 1. The van der Waals surface area contributed by atoms with Gasteiger partial charge in [-0.25, -0.2) is 0 Å². The molecule has 10 heteroatoms. The summed E-state index contributed by atoms with van der Waals surface area (Å²) in [5.74, 6) is -0.113. The molecule has 2 heterocycles. The number of fused-ring (bicyclic) bond motifs is 1. The van der Waals surface area contributed by atoms with Crippen LogP contribution in [0.1, 0.15) is 22.8 Å². The lowest BCUT2D eigenvalue weighted by Gasteiger charge is -2.25. The Labute approximate surface area is 174 Å². The molecule has 0 aliphatic carbocycles. The topological polar surface area (TPSA) is 84.4 Å². The SMILES string of the molecule is CC(=O)c1c(-c2ccccc2)n(C2=NNC(=S)NC2N)c2ccc(C(F)(F)F)cc12.